The maximum atomic E-state index is 4.09. The van der Waals surface area contributed by atoms with E-state index in [2.05, 4.69) is 17.1 Å². The Balaban J connectivity index is 2.11. The highest BCUT2D eigenvalue weighted by atomic mass is 15.2. The molecule has 0 bridgehead atoms. The molecule has 0 atom stereocenters. The standard InChI is InChI=1S/C9H16N2/c1-3-4-5-6-9-7-8(2)10-11-9/h3-7H2,1-2H3. The Morgan fingerprint density at radius 1 is 1.27 bits per heavy atom. The van der Waals surface area contributed by atoms with Gasteiger partial charge < -0.3 is 0 Å². The van der Waals surface area contributed by atoms with Crippen molar-refractivity contribution in [2.75, 3.05) is 0 Å². The second-order valence-electron chi connectivity index (χ2n) is 3.14. The third kappa shape index (κ3) is 2.83. The molecule has 0 radical (unpaired) electrons. The third-order valence-electron chi connectivity index (χ3n) is 1.89. The van der Waals surface area contributed by atoms with Gasteiger partial charge in [-0.05, 0) is 19.8 Å². The molecule has 1 aliphatic heterocycles. The second kappa shape index (κ2) is 4.27. The number of unbranched alkanes of at least 4 members (excludes halogenated alkanes) is 2. The summed E-state index contributed by atoms with van der Waals surface area (Å²) in [6.07, 6.45) is 6.04. The van der Waals surface area contributed by atoms with Crippen LogP contribution in [-0.4, -0.2) is 11.4 Å². The maximum absolute atomic E-state index is 4.09. The SMILES string of the molecule is CCCCCC1=NN=C(C)C1. The van der Waals surface area contributed by atoms with Crippen LogP contribution in [0.3, 0.4) is 0 Å². The molecule has 11 heavy (non-hydrogen) atoms. The predicted molar refractivity (Wildman–Crippen MR) is 49.3 cm³/mol. The lowest BCUT2D eigenvalue weighted by atomic mass is 10.1. The van der Waals surface area contributed by atoms with Gasteiger partial charge >= 0.3 is 0 Å². The fourth-order valence-electron chi connectivity index (χ4n) is 1.24. The van der Waals surface area contributed by atoms with E-state index in [1.165, 1.54) is 25.0 Å². The molecule has 1 aliphatic rings. The van der Waals surface area contributed by atoms with Gasteiger partial charge in [0, 0.05) is 17.8 Å². The lowest BCUT2D eigenvalue weighted by molar-refractivity contribution is 0.740. The lowest BCUT2D eigenvalue weighted by Crippen LogP contribution is -1.98. The van der Waals surface area contributed by atoms with Gasteiger partial charge in [0.05, 0.1) is 0 Å². The van der Waals surface area contributed by atoms with E-state index in [9.17, 15) is 0 Å². The van der Waals surface area contributed by atoms with Crippen molar-refractivity contribution in [1.82, 2.24) is 0 Å². The van der Waals surface area contributed by atoms with E-state index in [0.29, 0.717) is 0 Å². The highest BCUT2D eigenvalue weighted by Gasteiger charge is 2.06. The molecule has 0 saturated heterocycles. The molecule has 0 unspecified atom stereocenters. The van der Waals surface area contributed by atoms with Gasteiger partial charge in [0.15, 0.2) is 0 Å². The normalized spacial score (nSPS) is 16.5. The first-order valence-electron chi connectivity index (χ1n) is 4.41. The largest absolute Gasteiger partial charge is 0.160 e. The average Bonchev–Trinajstić information content (AvgIpc) is 2.37. The summed E-state index contributed by atoms with van der Waals surface area (Å²) < 4.78 is 0. The quantitative estimate of drug-likeness (QED) is 0.553. The summed E-state index contributed by atoms with van der Waals surface area (Å²) in [6.45, 7) is 4.26. The Morgan fingerprint density at radius 3 is 2.64 bits per heavy atom. The molecule has 0 amide bonds. The highest BCUT2D eigenvalue weighted by Crippen LogP contribution is 2.09. The molecular formula is C9H16N2. The third-order valence-corrected chi connectivity index (χ3v) is 1.89. The zero-order valence-corrected chi connectivity index (χ0v) is 7.43. The van der Waals surface area contributed by atoms with E-state index in [0.717, 1.165) is 18.6 Å². The molecule has 0 spiro atoms. The minimum absolute atomic E-state index is 1.02. The van der Waals surface area contributed by atoms with Crippen LogP contribution in [0, 0.1) is 0 Å². The molecule has 0 N–H and O–H groups in total. The Bertz CT molecular complexity index is 180. The van der Waals surface area contributed by atoms with Gasteiger partial charge in [-0.15, -0.1) is 0 Å². The smallest absolute Gasteiger partial charge is 0.0462 e. The van der Waals surface area contributed by atoms with Gasteiger partial charge in [-0.1, -0.05) is 19.8 Å². The Kier molecular flexibility index (Phi) is 3.27. The molecule has 2 nitrogen and oxygen atoms in total. The first kappa shape index (κ1) is 8.44. The summed E-state index contributed by atoms with van der Waals surface area (Å²) in [5.74, 6) is 0. The summed E-state index contributed by atoms with van der Waals surface area (Å²) >= 11 is 0. The average molecular weight is 152 g/mol. The van der Waals surface area contributed by atoms with Crippen molar-refractivity contribution < 1.29 is 0 Å². The molecule has 0 aromatic heterocycles. The van der Waals surface area contributed by atoms with Gasteiger partial charge in [-0.3, -0.25) is 0 Å². The van der Waals surface area contributed by atoms with Crippen LogP contribution in [0.15, 0.2) is 10.2 Å². The minimum Gasteiger partial charge on any atom is -0.160 e. The number of nitrogens with zero attached hydrogens (tertiary/aromatic N) is 2. The highest BCUT2D eigenvalue weighted by molar-refractivity contribution is 6.06. The molecule has 2 heteroatoms. The Labute approximate surface area is 68.4 Å². The molecule has 0 aliphatic carbocycles. The van der Waals surface area contributed by atoms with Crippen molar-refractivity contribution in [3.63, 3.8) is 0 Å². The van der Waals surface area contributed by atoms with Crippen molar-refractivity contribution in [2.45, 2.75) is 46.0 Å². The van der Waals surface area contributed by atoms with Crippen molar-refractivity contribution in [2.24, 2.45) is 10.2 Å². The van der Waals surface area contributed by atoms with Crippen molar-refractivity contribution in [3.8, 4) is 0 Å². The molecule has 1 heterocycles. The van der Waals surface area contributed by atoms with Crippen molar-refractivity contribution >= 4 is 11.4 Å². The van der Waals surface area contributed by atoms with Crippen LogP contribution >= 0.6 is 0 Å². The van der Waals surface area contributed by atoms with Crippen LogP contribution < -0.4 is 0 Å². The summed E-state index contributed by atoms with van der Waals surface area (Å²) in [5.41, 5.74) is 2.44. The van der Waals surface area contributed by atoms with Gasteiger partial charge in [0.1, 0.15) is 0 Å². The first-order chi connectivity index (χ1) is 5.33. The zero-order valence-electron chi connectivity index (χ0n) is 7.43. The number of rotatable bonds is 4. The molecule has 0 saturated carbocycles. The van der Waals surface area contributed by atoms with Crippen molar-refractivity contribution in [3.05, 3.63) is 0 Å². The topological polar surface area (TPSA) is 24.7 Å². The second-order valence-corrected chi connectivity index (χ2v) is 3.14. The molecule has 0 fully saturated rings. The van der Waals surface area contributed by atoms with Crippen LogP contribution in [0.5, 0.6) is 0 Å². The van der Waals surface area contributed by atoms with E-state index in [1.807, 2.05) is 6.92 Å². The van der Waals surface area contributed by atoms with E-state index in [1.54, 1.807) is 0 Å². The minimum atomic E-state index is 1.02. The van der Waals surface area contributed by atoms with E-state index < -0.39 is 0 Å². The summed E-state index contributed by atoms with van der Waals surface area (Å²) in [4.78, 5) is 0. The van der Waals surface area contributed by atoms with Crippen molar-refractivity contribution in [1.29, 1.82) is 0 Å². The van der Waals surface area contributed by atoms with Crippen LogP contribution in [0.1, 0.15) is 46.0 Å². The monoisotopic (exact) mass is 152 g/mol. The molecule has 0 aromatic carbocycles. The summed E-state index contributed by atoms with van der Waals surface area (Å²) in [5, 5.41) is 8.09. The number of hydrogen-bond donors (Lipinski definition) is 0. The zero-order chi connectivity index (χ0) is 8.10. The summed E-state index contributed by atoms with van der Waals surface area (Å²) in [7, 11) is 0. The molecule has 1 rings (SSSR count). The summed E-state index contributed by atoms with van der Waals surface area (Å²) in [6, 6.07) is 0. The Hall–Kier alpha value is -0.660. The van der Waals surface area contributed by atoms with Crippen LogP contribution in [0.2, 0.25) is 0 Å². The van der Waals surface area contributed by atoms with Crippen LogP contribution in [-0.2, 0) is 0 Å². The lowest BCUT2D eigenvalue weighted by Gasteiger charge is -1.96. The van der Waals surface area contributed by atoms with Crippen LogP contribution in [0.4, 0.5) is 0 Å². The van der Waals surface area contributed by atoms with E-state index in [4.69, 9.17) is 0 Å². The van der Waals surface area contributed by atoms with Gasteiger partial charge in [0.25, 0.3) is 0 Å². The van der Waals surface area contributed by atoms with Gasteiger partial charge in [-0.2, -0.15) is 10.2 Å². The van der Waals surface area contributed by atoms with E-state index in [-0.39, 0.29) is 0 Å². The van der Waals surface area contributed by atoms with Gasteiger partial charge in [-0.25, -0.2) is 0 Å². The van der Waals surface area contributed by atoms with Gasteiger partial charge in [0.2, 0.25) is 0 Å². The number of hydrogen-bond acceptors (Lipinski definition) is 2. The Morgan fingerprint density at radius 2 is 2.09 bits per heavy atom. The first-order valence-corrected chi connectivity index (χ1v) is 4.41. The molecular weight excluding hydrogens is 136 g/mol. The maximum Gasteiger partial charge on any atom is 0.0462 e. The molecule has 62 valence electrons. The van der Waals surface area contributed by atoms with E-state index >= 15 is 0 Å². The fraction of sp³-hybridized carbons (Fsp3) is 0.778. The molecule has 0 aromatic rings. The fourth-order valence-corrected chi connectivity index (χ4v) is 1.24. The predicted octanol–water partition coefficient (Wildman–Crippen LogP) is 2.79. The van der Waals surface area contributed by atoms with Crippen LogP contribution in [0.25, 0.3) is 0 Å².